The smallest absolute Gasteiger partial charge is 0.283 e. The topological polar surface area (TPSA) is 70.7 Å². The molecule has 1 atom stereocenters. The first-order chi connectivity index (χ1) is 17.5. The van der Waals surface area contributed by atoms with E-state index in [9.17, 15) is 4.79 Å². The Kier molecular flexibility index (Phi) is 6.83. The maximum Gasteiger partial charge on any atom is 0.283 e. The van der Waals surface area contributed by atoms with Crippen molar-refractivity contribution in [3.63, 3.8) is 0 Å². The summed E-state index contributed by atoms with van der Waals surface area (Å²) in [4.78, 5) is 19.7. The first-order valence-corrected chi connectivity index (χ1v) is 13.2. The van der Waals surface area contributed by atoms with Gasteiger partial charge in [-0.05, 0) is 49.5 Å². The Hall–Kier alpha value is -3.58. The number of aliphatic imine (C=N–C) groups is 1. The lowest BCUT2D eigenvalue weighted by Gasteiger charge is -2.22. The van der Waals surface area contributed by atoms with Crippen LogP contribution in [-0.2, 0) is 11.3 Å². The third-order valence-electron chi connectivity index (χ3n) is 6.68. The summed E-state index contributed by atoms with van der Waals surface area (Å²) in [6, 6.07) is 16.5. The number of carbonyl (C=O) groups excluding carboxylic acids is 1. The molecule has 6 nitrogen and oxygen atoms in total. The molecule has 0 aliphatic carbocycles. The van der Waals surface area contributed by atoms with E-state index < -0.39 is 0 Å². The van der Waals surface area contributed by atoms with Gasteiger partial charge < -0.3 is 9.30 Å². The van der Waals surface area contributed by atoms with Crippen LogP contribution in [0.4, 0.5) is 0 Å². The molecule has 36 heavy (non-hydrogen) atoms. The summed E-state index contributed by atoms with van der Waals surface area (Å²) >= 11 is 1.42. The van der Waals surface area contributed by atoms with E-state index in [1.165, 1.54) is 17.3 Å². The fraction of sp³-hybridized carbons (Fsp3) is 0.276. The highest BCUT2D eigenvalue weighted by atomic mass is 32.2. The molecule has 2 aliphatic heterocycles. The molecule has 1 N–H and O–H groups in total. The lowest BCUT2D eigenvalue weighted by molar-refractivity contribution is -0.114. The summed E-state index contributed by atoms with van der Waals surface area (Å²) < 4.78 is 8.37. The highest BCUT2D eigenvalue weighted by molar-refractivity contribution is 8.17. The molecule has 2 aliphatic rings. The van der Waals surface area contributed by atoms with Crippen LogP contribution < -0.4 is 4.74 Å². The van der Waals surface area contributed by atoms with Crippen LogP contribution in [0.5, 0.6) is 5.75 Å². The number of aryl methyl sites for hydroxylation is 1. The van der Waals surface area contributed by atoms with Crippen molar-refractivity contribution in [2.24, 2.45) is 4.99 Å². The van der Waals surface area contributed by atoms with E-state index >= 15 is 0 Å². The number of ether oxygens (including phenoxy) is 1. The summed E-state index contributed by atoms with van der Waals surface area (Å²) in [6.45, 7) is 7.78. The fourth-order valence-electron chi connectivity index (χ4n) is 4.59. The van der Waals surface area contributed by atoms with Gasteiger partial charge in [-0.25, -0.2) is 0 Å². The monoisotopic (exact) mass is 498 g/mol. The molecule has 5 rings (SSSR count). The molecule has 3 aromatic rings. The average Bonchev–Trinajstić information content (AvgIpc) is 3.44. The number of hydrogen-bond acceptors (Lipinski definition) is 4. The lowest BCUT2D eigenvalue weighted by atomic mass is 9.98. The lowest BCUT2D eigenvalue weighted by Crippen LogP contribution is -2.35. The van der Waals surface area contributed by atoms with Crippen molar-refractivity contribution in [2.45, 2.75) is 46.1 Å². The van der Waals surface area contributed by atoms with Gasteiger partial charge in [-0.15, -0.1) is 0 Å². The number of rotatable bonds is 8. The molecule has 184 valence electrons. The number of hydrogen-bond donors (Lipinski definition) is 1. The first-order valence-electron chi connectivity index (χ1n) is 12.3. The maximum absolute atomic E-state index is 12.8. The number of allylic oxidation sites excluding steroid dienone is 1. The molecule has 0 radical (unpaired) electrons. The maximum atomic E-state index is 12.8. The molecule has 0 bridgehead atoms. The third-order valence-corrected chi connectivity index (χ3v) is 7.57. The third kappa shape index (κ3) is 4.63. The number of amides is 1. The Morgan fingerprint density at radius 1 is 1.17 bits per heavy atom. The van der Waals surface area contributed by atoms with Gasteiger partial charge in [0.1, 0.15) is 11.6 Å². The number of thioether (sulfide) groups is 1. The molecule has 1 unspecified atom stereocenters. The van der Waals surface area contributed by atoms with Crippen molar-refractivity contribution in [1.82, 2.24) is 9.47 Å². The highest BCUT2D eigenvalue weighted by Gasteiger charge is 2.33. The van der Waals surface area contributed by atoms with Crippen molar-refractivity contribution >= 4 is 45.7 Å². The molecule has 1 amide bonds. The Balaban J connectivity index is 1.35. The van der Waals surface area contributed by atoms with Crippen molar-refractivity contribution in [3.05, 3.63) is 82.5 Å². The van der Waals surface area contributed by atoms with Crippen LogP contribution in [0.1, 0.15) is 50.7 Å². The van der Waals surface area contributed by atoms with Gasteiger partial charge in [-0.2, -0.15) is 4.99 Å². The van der Waals surface area contributed by atoms with Gasteiger partial charge in [0.05, 0.1) is 12.2 Å². The quantitative estimate of drug-likeness (QED) is 0.274. The summed E-state index contributed by atoms with van der Waals surface area (Å²) in [7, 11) is 0. The second-order valence-electron chi connectivity index (χ2n) is 9.16. The molecule has 0 spiro atoms. The summed E-state index contributed by atoms with van der Waals surface area (Å²) in [5, 5.41) is 10.2. The van der Waals surface area contributed by atoms with Gasteiger partial charge in [0.15, 0.2) is 5.17 Å². The Labute approximate surface area is 215 Å². The molecule has 7 heteroatoms. The molecule has 2 aromatic carbocycles. The van der Waals surface area contributed by atoms with Crippen molar-refractivity contribution < 1.29 is 9.53 Å². The van der Waals surface area contributed by atoms with E-state index in [4.69, 9.17) is 10.1 Å². The van der Waals surface area contributed by atoms with Gasteiger partial charge in [0, 0.05) is 40.3 Å². The molecule has 3 heterocycles. The van der Waals surface area contributed by atoms with Gasteiger partial charge in [0.25, 0.3) is 5.91 Å². The van der Waals surface area contributed by atoms with Crippen molar-refractivity contribution in [3.8, 4) is 5.75 Å². The van der Waals surface area contributed by atoms with Crippen LogP contribution in [0.2, 0.25) is 0 Å². The van der Waals surface area contributed by atoms with Gasteiger partial charge >= 0.3 is 0 Å². The van der Waals surface area contributed by atoms with E-state index in [1.54, 1.807) is 11.0 Å². The van der Waals surface area contributed by atoms with Crippen LogP contribution in [0, 0.1) is 5.41 Å². The van der Waals surface area contributed by atoms with Gasteiger partial charge in [0.2, 0.25) is 0 Å². The van der Waals surface area contributed by atoms with Crippen LogP contribution in [-0.4, -0.2) is 33.0 Å². The van der Waals surface area contributed by atoms with E-state index in [0.29, 0.717) is 23.3 Å². The van der Waals surface area contributed by atoms with E-state index in [0.717, 1.165) is 46.5 Å². The van der Waals surface area contributed by atoms with E-state index in [2.05, 4.69) is 59.9 Å². The van der Waals surface area contributed by atoms with Crippen LogP contribution in [0.3, 0.4) is 0 Å². The second-order valence-corrected chi connectivity index (χ2v) is 10.4. The number of nitrogens with one attached hydrogen (secondary N) is 1. The number of carbonyl (C=O) groups is 1. The molecular formula is C29H30N4O2S. The van der Waals surface area contributed by atoms with Crippen LogP contribution >= 0.6 is 11.8 Å². The zero-order chi connectivity index (χ0) is 25.2. The van der Waals surface area contributed by atoms with Crippen molar-refractivity contribution in [1.29, 1.82) is 5.41 Å². The van der Waals surface area contributed by atoms with E-state index in [1.807, 2.05) is 31.3 Å². The molecular weight excluding hydrogens is 468 g/mol. The minimum absolute atomic E-state index is 0.166. The van der Waals surface area contributed by atoms with E-state index in [-0.39, 0.29) is 11.7 Å². The molecule has 0 saturated carbocycles. The number of aromatic nitrogens is 1. The van der Waals surface area contributed by atoms with Crippen molar-refractivity contribution in [2.75, 3.05) is 6.61 Å². The summed E-state index contributed by atoms with van der Waals surface area (Å²) in [5.74, 6) is 1.23. The Bertz CT molecular complexity index is 1430. The van der Waals surface area contributed by atoms with Gasteiger partial charge in [-0.1, -0.05) is 62.0 Å². The zero-order valence-corrected chi connectivity index (χ0v) is 21.6. The molecule has 1 aromatic heterocycles. The Morgan fingerprint density at radius 3 is 2.78 bits per heavy atom. The number of fused-ring (bicyclic) bond motifs is 2. The number of benzene rings is 2. The molecule has 0 fully saturated rings. The predicted molar refractivity (Wildman–Crippen MR) is 149 cm³/mol. The van der Waals surface area contributed by atoms with Gasteiger partial charge in [-0.3, -0.25) is 15.1 Å². The highest BCUT2D eigenvalue weighted by Crippen LogP contribution is 2.33. The minimum Gasteiger partial charge on any atom is -0.493 e. The second kappa shape index (κ2) is 10.2. The Morgan fingerprint density at radius 2 is 1.94 bits per heavy atom. The molecule has 0 saturated heterocycles. The predicted octanol–water partition coefficient (Wildman–Crippen LogP) is 6.79. The SMILES string of the molecule is CCC(C)c1ccccc1OCCCn1cc(C=C2C(=N)N3C=C(C)SC3=NC2=O)c2ccccc21. The summed E-state index contributed by atoms with van der Waals surface area (Å²) in [5.41, 5.74) is 3.56. The number of para-hydroxylation sites is 2. The minimum atomic E-state index is -0.368. The first kappa shape index (κ1) is 24.1. The number of amidine groups is 2. The largest absolute Gasteiger partial charge is 0.493 e. The average molecular weight is 499 g/mol. The normalized spacial score (nSPS) is 17.4. The van der Waals surface area contributed by atoms with Crippen LogP contribution in [0.25, 0.3) is 17.0 Å². The summed E-state index contributed by atoms with van der Waals surface area (Å²) in [6.07, 6.45) is 7.64. The van der Waals surface area contributed by atoms with Crippen LogP contribution in [0.15, 0.2) is 76.4 Å². The fourth-order valence-corrected chi connectivity index (χ4v) is 5.41. The standard InChI is InChI=1S/C29H30N4O2S/c1-4-19(2)22-10-6-8-13-26(22)35-15-9-14-32-18-21(23-11-5-7-12-25(23)32)16-24-27(30)33-17-20(3)36-29(33)31-28(24)34/h5-8,10-13,16-19,30H,4,9,14-15H2,1-3H3. The number of nitrogens with zero attached hydrogens (tertiary/aromatic N) is 3. The zero-order valence-electron chi connectivity index (χ0n) is 20.8.